The van der Waals surface area contributed by atoms with E-state index in [0.717, 1.165) is 9.13 Å². The highest BCUT2D eigenvalue weighted by molar-refractivity contribution is 14.1. The number of hydrogen-bond donors (Lipinski definition) is 2. The van der Waals surface area contributed by atoms with E-state index in [1.165, 1.54) is 0 Å². The Hall–Kier alpha value is -1.11. The monoisotopic (exact) mass is 316 g/mol. The standard InChI is InChI=1S/C10H9IN2O2/c1-10(8(14)12-9(15)13-10)6-2-4-7(11)5-3-6/h2-5H,1H3,(H2,12,13,14,15)/t10-/m0/s1. The van der Waals surface area contributed by atoms with Crippen LogP contribution in [-0.4, -0.2) is 11.9 Å². The number of nitrogens with one attached hydrogen (secondary N) is 2. The second kappa shape index (κ2) is 3.48. The van der Waals surface area contributed by atoms with Gasteiger partial charge in [0.2, 0.25) is 0 Å². The summed E-state index contributed by atoms with van der Waals surface area (Å²) in [6, 6.07) is 7.04. The highest BCUT2D eigenvalue weighted by atomic mass is 127. The van der Waals surface area contributed by atoms with E-state index in [1.54, 1.807) is 6.92 Å². The van der Waals surface area contributed by atoms with Gasteiger partial charge in [-0.1, -0.05) is 12.1 Å². The van der Waals surface area contributed by atoms with Gasteiger partial charge in [-0.25, -0.2) is 4.79 Å². The lowest BCUT2D eigenvalue weighted by molar-refractivity contribution is -0.123. The van der Waals surface area contributed by atoms with Crippen molar-refractivity contribution >= 4 is 34.5 Å². The third-order valence-corrected chi connectivity index (χ3v) is 3.19. The molecule has 0 saturated carbocycles. The SMILES string of the molecule is C[C@@]1(c2ccc(I)cc2)NC(=O)NC1=O. The molecule has 0 aromatic heterocycles. The molecule has 1 fully saturated rings. The Morgan fingerprint density at radius 1 is 1.20 bits per heavy atom. The zero-order chi connectivity index (χ0) is 11.1. The maximum atomic E-state index is 11.6. The molecular weight excluding hydrogens is 307 g/mol. The van der Waals surface area contributed by atoms with Gasteiger partial charge in [-0.3, -0.25) is 10.1 Å². The maximum absolute atomic E-state index is 11.6. The summed E-state index contributed by atoms with van der Waals surface area (Å²) in [6.45, 7) is 1.69. The smallest absolute Gasteiger partial charge is 0.320 e. The fourth-order valence-electron chi connectivity index (χ4n) is 1.53. The third kappa shape index (κ3) is 1.71. The molecule has 5 heteroatoms. The number of hydrogen-bond acceptors (Lipinski definition) is 2. The predicted molar refractivity (Wildman–Crippen MR) is 63.2 cm³/mol. The number of benzene rings is 1. The molecule has 1 aromatic rings. The lowest BCUT2D eigenvalue weighted by Gasteiger charge is -2.20. The maximum Gasteiger partial charge on any atom is 0.322 e. The van der Waals surface area contributed by atoms with Gasteiger partial charge >= 0.3 is 6.03 Å². The molecule has 78 valence electrons. The second-order valence-corrected chi connectivity index (χ2v) is 4.79. The number of rotatable bonds is 1. The third-order valence-electron chi connectivity index (χ3n) is 2.47. The molecule has 4 nitrogen and oxygen atoms in total. The summed E-state index contributed by atoms with van der Waals surface area (Å²) >= 11 is 2.19. The van der Waals surface area contributed by atoms with Crippen LogP contribution in [0.25, 0.3) is 0 Å². The van der Waals surface area contributed by atoms with Crippen LogP contribution in [0.5, 0.6) is 0 Å². The van der Waals surface area contributed by atoms with Crippen molar-refractivity contribution in [2.24, 2.45) is 0 Å². The number of carbonyl (C=O) groups is 2. The summed E-state index contributed by atoms with van der Waals surface area (Å²) in [7, 11) is 0. The molecule has 1 heterocycles. The Balaban J connectivity index is 2.41. The Morgan fingerprint density at radius 2 is 1.80 bits per heavy atom. The zero-order valence-corrected chi connectivity index (χ0v) is 10.2. The molecule has 1 aliphatic heterocycles. The average Bonchev–Trinajstić information content (AvgIpc) is 2.42. The molecule has 15 heavy (non-hydrogen) atoms. The minimum atomic E-state index is -0.943. The summed E-state index contributed by atoms with van der Waals surface area (Å²) in [5.41, 5.74) is -0.159. The van der Waals surface area contributed by atoms with Crippen LogP contribution < -0.4 is 10.6 Å². The minimum Gasteiger partial charge on any atom is -0.320 e. The lowest BCUT2D eigenvalue weighted by atomic mass is 9.92. The first-order valence-electron chi connectivity index (χ1n) is 4.42. The number of halogens is 1. The van der Waals surface area contributed by atoms with Gasteiger partial charge in [0.05, 0.1) is 0 Å². The number of amides is 3. The fourth-order valence-corrected chi connectivity index (χ4v) is 1.89. The molecule has 0 unspecified atom stereocenters. The molecule has 1 saturated heterocycles. The van der Waals surface area contributed by atoms with Crippen LogP contribution in [0.2, 0.25) is 0 Å². The Morgan fingerprint density at radius 3 is 2.27 bits per heavy atom. The summed E-state index contributed by atoms with van der Waals surface area (Å²) in [4.78, 5) is 22.7. The van der Waals surface area contributed by atoms with E-state index in [0.29, 0.717) is 0 Å². The summed E-state index contributed by atoms with van der Waals surface area (Å²) < 4.78 is 1.09. The fraction of sp³-hybridized carbons (Fsp3) is 0.200. The Kier molecular flexibility index (Phi) is 2.41. The van der Waals surface area contributed by atoms with Gasteiger partial charge in [-0.05, 0) is 47.2 Å². The van der Waals surface area contributed by atoms with Gasteiger partial charge in [0, 0.05) is 3.57 Å². The molecule has 1 atom stereocenters. The van der Waals surface area contributed by atoms with Crippen molar-refractivity contribution < 1.29 is 9.59 Å². The van der Waals surface area contributed by atoms with Gasteiger partial charge in [0.15, 0.2) is 0 Å². The first-order chi connectivity index (χ1) is 7.02. The first-order valence-corrected chi connectivity index (χ1v) is 5.50. The van der Waals surface area contributed by atoms with Crippen molar-refractivity contribution in [2.75, 3.05) is 0 Å². The largest absolute Gasteiger partial charge is 0.322 e. The van der Waals surface area contributed by atoms with Crippen LogP contribution in [0.1, 0.15) is 12.5 Å². The van der Waals surface area contributed by atoms with Crippen LogP contribution in [0, 0.1) is 3.57 Å². The second-order valence-electron chi connectivity index (χ2n) is 3.54. The molecule has 0 bridgehead atoms. The van der Waals surface area contributed by atoms with E-state index < -0.39 is 11.6 Å². The van der Waals surface area contributed by atoms with Gasteiger partial charge < -0.3 is 5.32 Å². The average molecular weight is 316 g/mol. The molecule has 2 N–H and O–H groups in total. The first kappa shape index (κ1) is 10.4. The van der Waals surface area contributed by atoms with Crippen molar-refractivity contribution in [3.63, 3.8) is 0 Å². The quantitative estimate of drug-likeness (QED) is 0.607. The molecular formula is C10H9IN2O2. The zero-order valence-electron chi connectivity index (χ0n) is 8.00. The molecule has 2 rings (SSSR count). The summed E-state index contributed by atoms with van der Waals surface area (Å²) in [6.07, 6.45) is 0. The van der Waals surface area contributed by atoms with Crippen molar-refractivity contribution in [3.05, 3.63) is 33.4 Å². The molecule has 0 radical (unpaired) electrons. The number of imide groups is 1. The normalized spacial score (nSPS) is 24.9. The summed E-state index contributed by atoms with van der Waals surface area (Å²) in [5.74, 6) is -0.311. The van der Waals surface area contributed by atoms with Gasteiger partial charge in [-0.15, -0.1) is 0 Å². The van der Waals surface area contributed by atoms with Gasteiger partial charge in [0.1, 0.15) is 5.54 Å². The topological polar surface area (TPSA) is 58.2 Å². The van der Waals surface area contributed by atoms with Crippen LogP contribution in [-0.2, 0) is 10.3 Å². The lowest BCUT2D eigenvalue weighted by Crippen LogP contribution is -2.40. The summed E-state index contributed by atoms with van der Waals surface area (Å²) in [5, 5.41) is 4.84. The van der Waals surface area contributed by atoms with Crippen LogP contribution in [0.15, 0.2) is 24.3 Å². The Labute approximate surface area is 101 Å². The number of urea groups is 1. The highest BCUT2D eigenvalue weighted by Gasteiger charge is 2.43. The van der Waals surface area contributed by atoms with Gasteiger partial charge in [0.25, 0.3) is 5.91 Å². The Bertz CT molecular complexity index is 430. The van der Waals surface area contributed by atoms with E-state index in [1.807, 2.05) is 24.3 Å². The van der Waals surface area contributed by atoms with E-state index in [2.05, 4.69) is 33.2 Å². The highest BCUT2D eigenvalue weighted by Crippen LogP contribution is 2.24. The van der Waals surface area contributed by atoms with Crippen molar-refractivity contribution in [2.45, 2.75) is 12.5 Å². The molecule has 1 aromatic carbocycles. The van der Waals surface area contributed by atoms with Crippen LogP contribution in [0.3, 0.4) is 0 Å². The van der Waals surface area contributed by atoms with Crippen molar-refractivity contribution in [1.29, 1.82) is 0 Å². The van der Waals surface area contributed by atoms with Gasteiger partial charge in [-0.2, -0.15) is 0 Å². The molecule has 0 aliphatic carbocycles. The number of carbonyl (C=O) groups excluding carboxylic acids is 2. The van der Waals surface area contributed by atoms with Crippen LogP contribution >= 0.6 is 22.6 Å². The molecule has 3 amide bonds. The van der Waals surface area contributed by atoms with E-state index in [9.17, 15) is 9.59 Å². The van der Waals surface area contributed by atoms with Crippen molar-refractivity contribution in [1.82, 2.24) is 10.6 Å². The van der Waals surface area contributed by atoms with E-state index in [-0.39, 0.29) is 5.91 Å². The molecule has 1 aliphatic rings. The van der Waals surface area contributed by atoms with E-state index in [4.69, 9.17) is 0 Å². The van der Waals surface area contributed by atoms with E-state index >= 15 is 0 Å². The molecule has 0 spiro atoms. The predicted octanol–water partition coefficient (Wildman–Crippen LogP) is 1.35. The van der Waals surface area contributed by atoms with Crippen molar-refractivity contribution in [3.8, 4) is 0 Å². The van der Waals surface area contributed by atoms with Crippen LogP contribution in [0.4, 0.5) is 4.79 Å². The minimum absolute atomic E-state index is 0.311.